The third kappa shape index (κ3) is 3.93. The number of halogens is 1. The van der Waals surface area contributed by atoms with Gasteiger partial charge in [-0.1, -0.05) is 23.7 Å². The maximum Gasteiger partial charge on any atom is 0.261 e. The molecule has 1 aromatic carbocycles. The van der Waals surface area contributed by atoms with Crippen molar-refractivity contribution in [3.8, 4) is 0 Å². The van der Waals surface area contributed by atoms with Crippen LogP contribution in [0.3, 0.4) is 0 Å². The largest absolute Gasteiger partial charge is 0.271 e. The first kappa shape index (κ1) is 14.3. The van der Waals surface area contributed by atoms with Gasteiger partial charge in [-0.15, -0.1) is 0 Å². The van der Waals surface area contributed by atoms with E-state index in [0.717, 1.165) is 17.0 Å². The SMILES string of the molecule is Cc1cc(C)n(CC(=O)N/N=C/c2cccc(Cl)c2)n1. The third-order valence-electron chi connectivity index (χ3n) is 2.65. The maximum absolute atomic E-state index is 11.7. The van der Waals surface area contributed by atoms with Crippen molar-refractivity contribution < 1.29 is 4.79 Å². The van der Waals surface area contributed by atoms with Crippen molar-refractivity contribution in [2.75, 3.05) is 0 Å². The second kappa shape index (κ2) is 6.34. The molecule has 1 aromatic heterocycles. The first-order valence-corrected chi connectivity index (χ1v) is 6.51. The van der Waals surface area contributed by atoms with Gasteiger partial charge in [0, 0.05) is 10.7 Å². The number of nitrogens with one attached hydrogen (secondary N) is 1. The number of amides is 1. The van der Waals surface area contributed by atoms with Crippen molar-refractivity contribution in [3.05, 3.63) is 52.3 Å². The Hall–Kier alpha value is -2.14. The normalized spacial score (nSPS) is 10.9. The molecule has 6 heteroatoms. The van der Waals surface area contributed by atoms with Crippen LogP contribution in [0.25, 0.3) is 0 Å². The first-order valence-electron chi connectivity index (χ1n) is 6.13. The molecule has 0 atom stereocenters. The van der Waals surface area contributed by atoms with E-state index in [4.69, 9.17) is 11.6 Å². The molecule has 0 bridgehead atoms. The van der Waals surface area contributed by atoms with Crippen molar-refractivity contribution in [3.63, 3.8) is 0 Å². The Morgan fingerprint density at radius 3 is 2.90 bits per heavy atom. The zero-order valence-corrected chi connectivity index (χ0v) is 12.1. The summed E-state index contributed by atoms with van der Waals surface area (Å²) in [6, 6.07) is 9.13. The molecule has 0 aliphatic rings. The van der Waals surface area contributed by atoms with E-state index in [9.17, 15) is 4.79 Å². The highest BCUT2D eigenvalue weighted by Gasteiger charge is 2.05. The number of rotatable bonds is 4. The number of carbonyl (C=O) groups excluding carboxylic acids is 1. The number of benzene rings is 1. The van der Waals surface area contributed by atoms with Crippen LogP contribution in [0.1, 0.15) is 17.0 Å². The van der Waals surface area contributed by atoms with E-state index in [-0.39, 0.29) is 12.5 Å². The molecule has 2 aromatic rings. The topological polar surface area (TPSA) is 59.3 Å². The summed E-state index contributed by atoms with van der Waals surface area (Å²) in [5.74, 6) is -0.227. The predicted molar refractivity (Wildman–Crippen MR) is 78.9 cm³/mol. The zero-order chi connectivity index (χ0) is 14.5. The standard InChI is InChI=1S/C14H15ClN4O/c1-10-6-11(2)19(18-10)9-14(20)17-16-8-12-4-3-5-13(15)7-12/h3-8H,9H2,1-2H3,(H,17,20)/b16-8+. The Balaban J connectivity index is 1.91. The summed E-state index contributed by atoms with van der Waals surface area (Å²) in [4.78, 5) is 11.7. The molecule has 0 spiro atoms. The first-order chi connectivity index (χ1) is 9.54. The average Bonchev–Trinajstić information content (AvgIpc) is 2.68. The molecule has 0 unspecified atom stereocenters. The number of carbonyl (C=O) groups is 1. The van der Waals surface area contributed by atoms with Crippen LogP contribution in [0.2, 0.25) is 5.02 Å². The van der Waals surface area contributed by atoms with Gasteiger partial charge in [0.1, 0.15) is 6.54 Å². The van der Waals surface area contributed by atoms with E-state index in [2.05, 4.69) is 15.6 Å². The van der Waals surface area contributed by atoms with E-state index in [1.54, 1.807) is 23.0 Å². The lowest BCUT2D eigenvalue weighted by Gasteiger charge is -2.02. The fourth-order valence-corrected chi connectivity index (χ4v) is 1.97. The van der Waals surface area contributed by atoms with Gasteiger partial charge in [-0.05, 0) is 37.6 Å². The summed E-state index contributed by atoms with van der Waals surface area (Å²) < 4.78 is 1.64. The molecule has 1 N–H and O–H groups in total. The Labute approximate surface area is 122 Å². The van der Waals surface area contributed by atoms with Crippen molar-refractivity contribution in [1.29, 1.82) is 0 Å². The minimum absolute atomic E-state index is 0.145. The number of hydrazone groups is 1. The van der Waals surface area contributed by atoms with Gasteiger partial charge in [-0.3, -0.25) is 9.48 Å². The molecule has 104 valence electrons. The van der Waals surface area contributed by atoms with Gasteiger partial charge < -0.3 is 0 Å². The van der Waals surface area contributed by atoms with Crippen LogP contribution in [0.15, 0.2) is 35.4 Å². The van der Waals surface area contributed by atoms with Gasteiger partial charge in [0.15, 0.2) is 0 Å². The Kier molecular flexibility index (Phi) is 4.53. The van der Waals surface area contributed by atoms with Gasteiger partial charge in [-0.2, -0.15) is 10.2 Å². The molecule has 1 heterocycles. The van der Waals surface area contributed by atoms with E-state index in [0.29, 0.717) is 5.02 Å². The van der Waals surface area contributed by atoms with Gasteiger partial charge in [0.2, 0.25) is 0 Å². The molecule has 20 heavy (non-hydrogen) atoms. The highest BCUT2D eigenvalue weighted by Crippen LogP contribution is 2.08. The molecule has 1 amide bonds. The highest BCUT2D eigenvalue weighted by molar-refractivity contribution is 6.30. The number of nitrogens with zero attached hydrogens (tertiary/aromatic N) is 3. The summed E-state index contributed by atoms with van der Waals surface area (Å²) in [5, 5.41) is 8.73. The minimum Gasteiger partial charge on any atom is -0.271 e. The number of aromatic nitrogens is 2. The molecule has 0 aliphatic carbocycles. The Bertz CT molecular complexity index is 648. The van der Waals surface area contributed by atoms with Crippen LogP contribution in [0, 0.1) is 13.8 Å². The second-order valence-electron chi connectivity index (χ2n) is 4.43. The molecule has 0 aliphatic heterocycles. The quantitative estimate of drug-likeness (QED) is 0.694. The van der Waals surface area contributed by atoms with Crippen molar-refractivity contribution >= 4 is 23.7 Å². The predicted octanol–water partition coefficient (Wildman–Crippen LogP) is 2.30. The van der Waals surface area contributed by atoms with E-state index in [1.807, 2.05) is 32.0 Å². The minimum atomic E-state index is -0.227. The van der Waals surface area contributed by atoms with Gasteiger partial charge in [0.25, 0.3) is 5.91 Å². The van der Waals surface area contributed by atoms with Crippen LogP contribution >= 0.6 is 11.6 Å². The lowest BCUT2D eigenvalue weighted by atomic mass is 10.2. The van der Waals surface area contributed by atoms with Crippen LogP contribution in [0.5, 0.6) is 0 Å². The maximum atomic E-state index is 11.7. The molecular formula is C14H15ClN4O. The monoisotopic (exact) mass is 290 g/mol. The summed E-state index contributed by atoms with van der Waals surface area (Å²) >= 11 is 5.85. The van der Waals surface area contributed by atoms with Gasteiger partial charge in [0.05, 0.1) is 11.9 Å². The van der Waals surface area contributed by atoms with Crippen LogP contribution in [-0.2, 0) is 11.3 Å². The molecule has 0 fully saturated rings. The second-order valence-corrected chi connectivity index (χ2v) is 4.87. The van der Waals surface area contributed by atoms with Gasteiger partial charge in [-0.25, -0.2) is 5.43 Å². The molecule has 0 saturated heterocycles. The summed E-state index contributed by atoms with van der Waals surface area (Å²) in [5.41, 5.74) is 5.11. The van der Waals surface area contributed by atoms with E-state index in [1.165, 1.54) is 0 Å². The lowest BCUT2D eigenvalue weighted by Crippen LogP contribution is -2.24. The van der Waals surface area contributed by atoms with Crippen LogP contribution < -0.4 is 5.43 Å². The summed E-state index contributed by atoms with van der Waals surface area (Å²) in [6.07, 6.45) is 1.55. The number of hydrogen-bond donors (Lipinski definition) is 1. The fourth-order valence-electron chi connectivity index (χ4n) is 1.77. The van der Waals surface area contributed by atoms with Crippen LogP contribution in [-0.4, -0.2) is 21.9 Å². The average molecular weight is 291 g/mol. The summed E-state index contributed by atoms with van der Waals surface area (Å²) in [6.45, 7) is 3.94. The number of aryl methyl sites for hydroxylation is 2. The lowest BCUT2D eigenvalue weighted by molar-refractivity contribution is -0.121. The van der Waals surface area contributed by atoms with E-state index >= 15 is 0 Å². The highest BCUT2D eigenvalue weighted by atomic mass is 35.5. The molecule has 0 radical (unpaired) electrons. The van der Waals surface area contributed by atoms with Gasteiger partial charge >= 0.3 is 0 Å². The van der Waals surface area contributed by atoms with Crippen LogP contribution in [0.4, 0.5) is 0 Å². The summed E-state index contributed by atoms with van der Waals surface area (Å²) in [7, 11) is 0. The molecular weight excluding hydrogens is 276 g/mol. The third-order valence-corrected chi connectivity index (χ3v) is 2.88. The van der Waals surface area contributed by atoms with Crippen molar-refractivity contribution in [1.82, 2.24) is 15.2 Å². The smallest absolute Gasteiger partial charge is 0.261 e. The Morgan fingerprint density at radius 1 is 1.45 bits per heavy atom. The zero-order valence-electron chi connectivity index (χ0n) is 11.3. The molecule has 2 rings (SSSR count). The fraction of sp³-hybridized carbons (Fsp3) is 0.214. The van der Waals surface area contributed by atoms with Crippen molar-refractivity contribution in [2.24, 2.45) is 5.10 Å². The number of hydrogen-bond acceptors (Lipinski definition) is 3. The molecule has 5 nitrogen and oxygen atoms in total. The molecule has 0 saturated carbocycles. The van der Waals surface area contributed by atoms with Crippen molar-refractivity contribution in [2.45, 2.75) is 20.4 Å². The van der Waals surface area contributed by atoms with E-state index < -0.39 is 0 Å². The Morgan fingerprint density at radius 2 is 2.25 bits per heavy atom.